The third kappa shape index (κ3) is 3.06. The van der Waals surface area contributed by atoms with Crippen molar-refractivity contribution in [1.82, 2.24) is 14.5 Å². The minimum atomic E-state index is -0.678. The van der Waals surface area contributed by atoms with Gasteiger partial charge < -0.3 is 14.6 Å². The molecule has 5 heteroatoms. The van der Waals surface area contributed by atoms with Gasteiger partial charge in [-0.05, 0) is 18.9 Å². The summed E-state index contributed by atoms with van der Waals surface area (Å²) in [6, 6.07) is 0. The van der Waals surface area contributed by atoms with Crippen molar-refractivity contribution in [3.8, 4) is 0 Å². The summed E-state index contributed by atoms with van der Waals surface area (Å²) in [5, 5.41) is 8.61. The molecule has 0 amide bonds. The molecule has 2 rings (SSSR count). The molecule has 1 N–H and O–H groups in total. The van der Waals surface area contributed by atoms with Gasteiger partial charge in [-0.15, -0.1) is 0 Å². The van der Waals surface area contributed by atoms with Gasteiger partial charge in [0.1, 0.15) is 0 Å². The van der Waals surface area contributed by atoms with Gasteiger partial charge in [0.05, 0.1) is 12.7 Å². The van der Waals surface area contributed by atoms with Crippen LogP contribution < -0.4 is 0 Å². The van der Waals surface area contributed by atoms with Gasteiger partial charge in [0, 0.05) is 32.0 Å². The predicted octanol–water partition coefficient (Wildman–Crippen LogP) is 0.680. The SMILES string of the molecule is O=C(O)CC1CN(CCCn2ccnc2)C1. The summed E-state index contributed by atoms with van der Waals surface area (Å²) in [4.78, 5) is 16.7. The Morgan fingerprint density at radius 1 is 1.44 bits per heavy atom. The number of aromatic nitrogens is 2. The highest BCUT2D eigenvalue weighted by atomic mass is 16.4. The number of aryl methyl sites for hydroxylation is 1. The van der Waals surface area contributed by atoms with Crippen molar-refractivity contribution in [3.63, 3.8) is 0 Å². The Balaban J connectivity index is 1.55. The van der Waals surface area contributed by atoms with E-state index in [-0.39, 0.29) is 0 Å². The van der Waals surface area contributed by atoms with Crippen LogP contribution in [-0.4, -0.2) is 45.2 Å². The molecule has 0 saturated carbocycles. The monoisotopic (exact) mass is 223 g/mol. The number of hydrogen-bond acceptors (Lipinski definition) is 3. The number of carboxylic acid groups (broad SMARTS) is 1. The van der Waals surface area contributed by atoms with Crippen molar-refractivity contribution in [2.45, 2.75) is 19.4 Å². The van der Waals surface area contributed by atoms with Crippen LogP contribution in [0.2, 0.25) is 0 Å². The zero-order valence-electron chi connectivity index (χ0n) is 9.25. The maximum absolute atomic E-state index is 10.4. The summed E-state index contributed by atoms with van der Waals surface area (Å²) in [6.07, 6.45) is 6.98. The first kappa shape index (κ1) is 11.1. The molecule has 1 aliphatic rings. The van der Waals surface area contributed by atoms with Gasteiger partial charge in [-0.1, -0.05) is 0 Å². The minimum Gasteiger partial charge on any atom is -0.481 e. The molecule has 1 aliphatic heterocycles. The lowest BCUT2D eigenvalue weighted by Gasteiger charge is -2.38. The van der Waals surface area contributed by atoms with E-state index in [1.165, 1.54) is 0 Å². The molecule has 1 fully saturated rings. The lowest BCUT2D eigenvalue weighted by Crippen LogP contribution is -2.47. The topological polar surface area (TPSA) is 58.4 Å². The first-order valence-corrected chi connectivity index (χ1v) is 5.64. The fourth-order valence-corrected chi connectivity index (χ4v) is 2.13. The average molecular weight is 223 g/mol. The van der Waals surface area contributed by atoms with E-state index >= 15 is 0 Å². The summed E-state index contributed by atoms with van der Waals surface area (Å²) in [5.41, 5.74) is 0. The van der Waals surface area contributed by atoms with Crippen LogP contribution in [-0.2, 0) is 11.3 Å². The lowest BCUT2D eigenvalue weighted by molar-refractivity contribution is -0.139. The molecule has 0 radical (unpaired) electrons. The Labute approximate surface area is 94.7 Å². The highest BCUT2D eigenvalue weighted by Gasteiger charge is 2.27. The summed E-state index contributed by atoms with van der Waals surface area (Å²) < 4.78 is 2.06. The first-order valence-electron chi connectivity index (χ1n) is 5.64. The van der Waals surface area contributed by atoms with Crippen LogP contribution in [0.4, 0.5) is 0 Å². The summed E-state index contributed by atoms with van der Waals surface area (Å²) in [5.74, 6) is -0.311. The lowest BCUT2D eigenvalue weighted by atomic mass is 9.96. The molecule has 1 aromatic rings. The Morgan fingerprint density at radius 3 is 2.88 bits per heavy atom. The summed E-state index contributed by atoms with van der Waals surface area (Å²) in [6.45, 7) is 3.92. The van der Waals surface area contributed by atoms with Crippen molar-refractivity contribution >= 4 is 5.97 Å². The van der Waals surface area contributed by atoms with Crippen molar-refractivity contribution in [2.24, 2.45) is 5.92 Å². The van der Waals surface area contributed by atoms with Crippen molar-refractivity contribution in [1.29, 1.82) is 0 Å². The van der Waals surface area contributed by atoms with E-state index in [0.717, 1.165) is 32.6 Å². The van der Waals surface area contributed by atoms with Crippen molar-refractivity contribution in [3.05, 3.63) is 18.7 Å². The second-order valence-corrected chi connectivity index (χ2v) is 4.38. The van der Waals surface area contributed by atoms with E-state index in [4.69, 9.17) is 5.11 Å². The third-order valence-corrected chi connectivity index (χ3v) is 2.95. The highest BCUT2D eigenvalue weighted by molar-refractivity contribution is 5.67. The van der Waals surface area contributed by atoms with Gasteiger partial charge >= 0.3 is 5.97 Å². The molecule has 0 atom stereocenters. The van der Waals surface area contributed by atoms with E-state index < -0.39 is 5.97 Å². The van der Waals surface area contributed by atoms with Crippen LogP contribution >= 0.6 is 0 Å². The molecule has 0 aromatic carbocycles. The van der Waals surface area contributed by atoms with Crippen LogP contribution in [0.15, 0.2) is 18.7 Å². The van der Waals surface area contributed by atoms with Crippen LogP contribution in [0.5, 0.6) is 0 Å². The maximum Gasteiger partial charge on any atom is 0.303 e. The predicted molar refractivity (Wildman–Crippen MR) is 59.0 cm³/mol. The number of hydrogen-bond donors (Lipinski definition) is 1. The number of imidazole rings is 1. The molecule has 88 valence electrons. The molecule has 0 aliphatic carbocycles. The van der Waals surface area contributed by atoms with Gasteiger partial charge in [-0.3, -0.25) is 4.79 Å². The van der Waals surface area contributed by atoms with Crippen molar-refractivity contribution in [2.75, 3.05) is 19.6 Å². The Bertz CT molecular complexity index is 331. The zero-order chi connectivity index (χ0) is 11.4. The molecule has 1 saturated heterocycles. The van der Waals surface area contributed by atoms with Gasteiger partial charge in [-0.25, -0.2) is 4.98 Å². The summed E-state index contributed by atoms with van der Waals surface area (Å²) >= 11 is 0. The standard InChI is InChI=1S/C11H17N3O2/c15-11(16)6-10-7-14(8-10)4-1-3-13-5-2-12-9-13/h2,5,9-10H,1,3-4,6-8H2,(H,15,16). The smallest absolute Gasteiger partial charge is 0.303 e. The van der Waals surface area contributed by atoms with Crippen molar-refractivity contribution < 1.29 is 9.90 Å². The summed E-state index contributed by atoms with van der Waals surface area (Å²) in [7, 11) is 0. The maximum atomic E-state index is 10.4. The molecule has 0 unspecified atom stereocenters. The normalized spacial score (nSPS) is 17.2. The second-order valence-electron chi connectivity index (χ2n) is 4.38. The highest BCUT2D eigenvalue weighted by Crippen LogP contribution is 2.18. The number of rotatable bonds is 6. The van der Waals surface area contributed by atoms with Gasteiger partial charge in [0.2, 0.25) is 0 Å². The Morgan fingerprint density at radius 2 is 2.25 bits per heavy atom. The molecular formula is C11H17N3O2. The Kier molecular flexibility index (Phi) is 3.56. The minimum absolute atomic E-state index is 0.317. The number of nitrogens with zero attached hydrogens (tertiary/aromatic N) is 3. The molecule has 1 aromatic heterocycles. The number of carboxylic acids is 1. The number of likely N-dealkylation sites (tertiary alicyclic amines) is 1. The van der Waals surface area contributed by atoms with E-state index in [0.29, 0.717) is 12.3 Å². The van der Waals surface area contributed by atoms with Crippen LogP contribution in [0.3, 0.4) is 0 Å². The number of carbonyl (C=O) groups is 1. The molecule has 16 heavy (non-hydrogen) atoms. The molecule has 0 bridgehead atoms. The van der Waals surface area contributed by atoms with E-state index in [2.05, 4.69) is 14.5 Å². The fourth-order valence-electron chi connectivity index (χ4n) is 2.13. The largest absolute Gasteiger partial charge is 0.481 e. The number of aliphatic carboxylic acids is 1. The second kappa shape index (κ2) is 5.12. The average Bonchev–Trinajstić information content (AvgIpc) is 2.65. The first-order chi connectivity index (χ1) is 7.74. The molecule has 2 heterocycles. The van der Waals surface area contributed by atoms with Gasteiger partial charge in [0.25, 0.3) is 0 Å². The van der Waals surface area contributed by atoms with Crippen LogP contribution in [0.25, 0.3) is 0 Å². The molecule has 0 spiro atoms. The molecule has 5 nitrogen and oxygen atoms in total. The molecular weight excluding hydrogens is 206 g/mol. The van der Waals surface area contributed by atoms with Gasteiger partial charge in [-0.2, -0.15) is 0 Å². The van der Waals surface area contributed by atoms with E-state index in [1.807, 2.05) is 12.5 Å². The van der Waals surface area contributed by atoms with Crippen LogP contribution in [0, 0.1) is 5.92 Å². The third-order valence-electron chi connectivity index (χ3n) is 2.95. The Hall–Kier alpha value is -1.36. The van der Waals surface area contributed by atoms with Gasteiger partial charge in [0.15, 0.2) is 0 Å². The fraction of sp³-hybridized carbons (Fsp3) is 0.636. The van der Waals surface area contributed by atoms with E-state index in [1.54, 1.807) is 6.20 Å². The van der Waals surface area contributed by atoms with Crippen LogP contribution in [0.1, 0.15) is 12.8 Å². The zero-order valence-corrected chi connectivity index (χ0v) is 9.25. The quantitative estimate of drug-likeness (QED) is 0.770. The van der Waals surface area contributed by atoms with E-state index in [9.17, 15) is 4.79 Å².